The summed E-state index contributed by atoms with van der Waals surface area (Å²) in [5.41, 5.74) is 3.37. The minimum Gasteiger partial charge on any atom is -0.473 e. The highest BCUT2D eigenvalue weighted by molar-refractivity contribution is 5.86. The molecule has 42 heavy (non-hydrogen) atoms. The first-order chi connectivity index (χ1) is 20.5. The highest BCUT2D eigenvalue weighted by atomic mass is 16.5. The molecule has 4 heterocycles. The summed E-state index contributed by atoms with van der Waals surface area (Å²) in [6.45, 7) is 7.32. The van der Waals surface area contributed by atoms with Crippen LogP contribution in [0.15, 0.2) is 45.7 Å². The topological polar surface area (TPSA) is 111 Å². The Morgan fingerprint density at radius 3 is 2.62 bits per heavy atom. The van der Waals surface area contributed by atoms with Crippen LogP contribution in [0, 0.1) is 17.8 Å². The lowest BCUT2D eigenvalue weighted by Crippen LogP contribution is -2.41. The zero-order valence-corrected chi connectivity index (χ0v) is 24.5. The number of pyridine rings is 1. The van der Waals surface area contributed by atoms with E-state index in [1.54, 1.807) is 0 Å². The van der Waals surface area contributed by atoms with Gasteiger partial charge in [-0.05, 0) is 62.0 Å². The Labute approximate surface area is 245 Å². The molecule has 10 heteroatoms. The zero-order chi connectivity index (χ0) is 28.6. The van der Waals surface area contributed by atoms with Gasteiger partial charge in [-0.15, -0.1) is 0 Å². The van der Waals surface area contributed by atoms with Gasteiger partial charge in [0.1, 0.15) is 17.3 Å². The molecule has 0 bridgehead atoms. The number of imidazole rings is 1. The molecule has 1 N–H and O–H groups in total. The van der Waals surface area contributed by atoms with Gasteiger partial charge < -0.3 is 18.9 Å². The van der Waals surface area contributed by atoms with Crippen molar-refractivity contribution in [1.29, 1.82) is 0 Å². The fourth-order valence-electron chi connectivity index (χ4n) is 6.79. The van der Waals surface area contributed by atoms with Crippen molar-refractivity contribution in [1.82, 2.24) is 24.7 Å². The number of benzene rings is 1. The molecule has 0 spiro atoms. The lowest BCUT2D eigenvalue weighted by atomic mass is 9.82. The number of fused-ring (bicyclic) bond motifs is 1. The van der Waals surface area contributed by atoms with Gasteiger partial charge in [-0.2, -0.15) is 0 Å². The van der Waals surface area contributed by atoms with E-state index in [2.05, 4.69) is 57.7 Å². The number of ether oxygens (including phenoxy) is 2. The summed E-state index contributed by atoms with van der Waals surface area (Å²) >= 11 is 0. The van der Waals surface area contributed by atoms with E-state index in [9.17, 15) is 4.79 Å². The van der Waals surface area contributed by atoms with E-state index in [0.29, 0.717) is 36.6 Å². The molecular formula is C32H40N6O4. The largest absolute Gasteiger partial charge is 0.473 e. The first-order valence-corrected chi connectivity index (χ1v) is 15.6. The number of rotatable bonds is 8. The van der Waals surface area contributed by atoms with E-state index >= 15 is 0 Å². The lowest BCUT2D eigenvalue weighted by Gasteiger charge is -2.37. The van der Waals surface area contributed by atoms with Gasteiger partial charge in [0.25, 0.3) is 0 Å². The average molecular weight is 573 g/mol. The SMILES string of the molecule is CC(Oc1nc(-c2noc(=O)[nH]2)cc2nc(N3CCOC[C@H]3c3ccccc3)n(C[C@H]3CC[C@H](C)CC3)c12)C1CCC1. The maximum atomic E-state index is 11.8. The predicted molar refractivity (Wildman–Crippen MR) is 160 cm³/mol. The summed E-state index contributed by atoms with van der Waals surface area (Å²) < 4.78 is 19.9. The van der Waals surface area contributed by atoms with Crippen LogP contribution in [0.1, 0.15) is 70.4 Å². The Hall–Kier alpha value is -3.66. The van der Waals surface area contributed by atoms with E-state index in [-0.39, 0.29) is 18.0 Å². The van der Waals surface area contributed by atoms with E-state index in [1.165, 1.54) is 37.7 Å². The van der Waals surface area contributed by atoms with Crippen LogP contribution < -0.4 is 15.4 Å². The van der Waals surface area contributed by atoms with Crippen LogP contribution in [0.25, 0.3) is 22.6 Å². The fraction of sp³-hybridized carbons (Fsp3) is 0.562. The molecule has 10 nitrogen and oxygen atoms in total. The Balaban J connectivity index is 1.38. The summed E-state index contributed by atoms with van der Waals surface area (Å²) in [6, 6.07) is 12.5. The fourth-order valence-corrected chi connectivity index (χ4v) is 6.79. The van der Waals surface area contributed by atoms with E-state index in [4.69, 9.17) is 24.0 Å². The summed E-state index contributed by atoms with van der Waals surface area (Å²) in [7, 11) is 0. The molecule has 222 valence electrons. The number of aromatic nitrogens is 5. The second kappa shape index (κ2) is 11.6. The third-order valence-electron chi connectivity index (χ3n) is 9.61. The lowest BCUT2D eigenvalue weighted by molar-refractivity contribution is 0.0925. The molecule has 1 saturated heterocycles. The maximum absolute atomic E-state index is 11.8. The summed E-state index contributed by atoms with van der Waals surface area (Å²) in [6.07, 6.45) is 8.49. The number of nitrogens with zero attached hydrogens (tertiary/aromatic N) is 5. The Bertz CT molecular complexity index is 1570. The minimum atomic E-state index is -0.617. The molecule has 2 saturated carbocycles. The van der Waals surface area contributed by atoms with Crippen LogP contribution in [0.5, 0.6) is 5.88 Å². The molecule has 0 radical (unpaired) electrons. The number of hydrogen-bond donors (Lipinski definition) is 1. The van der Waals surface area contributed by atoms with Crippen LogP contribution in [0.2, 0.25) is 0 Å². The van der Waals surface area contributed by atoms with Gasteiger partial charge in [0.05, 0.1) is 24.8 Å². The van der Waals surface area contributed by atoms with Gasteiger partial charge in [-0.1, -0.05) is 61.7 Å². The highest BCUT2D eigenvalue weighted by Gasteiger charge is 2.33. The molecule has 2 aliphatic carbocycles. The molecule has 3 aromatic heterocycles. The van der Waals surface area contributed by atoms with Crippen LogP contribution in [-0.4, -0.2) is 50.5 Å². The first-order valence-electron chi connectivity index (χ1n) is 15.6. The van der Waals surface area contributed by atoms with Crippen molar-refractivity contribution in [3.8, 4) is 17.4 Å². The average Bonchev–Trinajstić information content (AvgIpc) is 3.57. The zero-order valence-electron chi connectivity index (χ0n) is 24.5. The molecule has 4 aromatic rings. The summed E-state index contributed by atoms with van der Waals surface area (Å²) in [4.78, 5) is 27.1. The normalized spacial score (nSPS) is 24.0. The molecule has 3 fully saturated rings. The van der Waals surface area contributed by atoms with Gasteiger partial charge in [0, 0.05) is 13.1 Å². The molecule has 1 aromatic carbocycles. The predicted octanol–water partition coefficient (Wildman–Crippen LogP) is 5.75. The molecule has 1 aliphatic heterocycles. The van der Waals surface area contributed by atoms with Gasteiger partial charge in [0.2, 0.25) is 17.7 Å². The first kappa shape index (κ1) is 27.2. The minimum absolute atomic E-state index is 0.0174. The second-order valence-electron chi connectivity index (χ2n) is 12.5. The van der Waals surface area contributed by atoms with Crippen molar-refractivity contribution in [3.05, 3.63) is 52.5 Å². The molecule has 0 amide bonds. The van der Waals surface area contributed by atoms with Gasteiger partial charge >= 0.3 is 5.76 Å². The van der Waals surface area contributed by atoms with Crippen molar-refractivity contribution >= 4 is 17.0 Å². The smallest absolute Gasteiger partial charge is 0.439 e. The van der Waals surface area contributed by atoms with Crippen LogP contribution in [0.4, 0.5) is 5.95 Å². The van der Waals surface area contributed by atoms with Gasteiger partial charge in [0.15, 0.2) is 0 Å². The van der Waals surface area contributed by atoms with E-state index < -0.39 is 5.76 Å². The third-order valence-corrected chi connectivity index (χ3v) is 9.61. The van der Waals surface area contributed by atoms with E-state index in [1.807, 2.05) is 12.1 Å². The molecular weight excluding hydrogens is 532 g/mol. The molecule has 1 unspecified atom stereocenters. The Kier molecular flexibility index (Phi) is 7.48. The molecule has 2 atom stereocenters. The number of morpholine rings is 1. The summed E-state index contributed by atoms with van der Waals surface area (Å²) in [5.74, 6) is 2.94. The van der Waals surface area contributed by atoms with Crippen molar-refractivity contribution in [2.75, 3.05) is 24.7 Å². The number of anilines is 1. The van der Waals surface area contributed by atoms with E-state index in [0.717, 1.165) is 48.8 Å². The van der Waals surface area contributed by atoms with Gasteiger partial charge in [-0.25, -0.2) is 14.8 Å². The Morgan fingerprint density at radius 2 is 1.90 bits per heavy atom. The number of hydrogen-bond acceptors (Lipinski definition) is 8. The molecule has 7 rings (SSSR count). The number of H-pyrrole nitrogens is 1. The van der Waals surface area contributed by atoms with Crippen LogP contribution in [0.3, 0.4) is 0 Å². The number of aromatic amines is 1. The third kappa shape index (κ3) is 5.32. The van der Waals surface area contributed by atoms with Crippen molar-refractivity contribution < 1.29 is 14.0 Å². The Morgan fingerprint density at radius 1 is 1.10 bits per heavy atom. The quantitative estimate of drug-likeness (QED) is 0.284. The van der Waals surface area contributed by atoms with Gasteiger partial charge in [-0.3, -0.25) is 9.51 Å². The molecule has 3 aliphatic rings. The second-order valence-corrected chi connectivity index (χ2v) is 12.5. The monoisotopic (exact) mass is 572 g/mol. The maximum Gasteiger partial charge on any atom is 0.439 e. The number of nitrogens with one attached hydrogen (secondary N) is 1. The standard InChI is InChI=1S/C32H40N6O4/c1-20-11-13-22(14-12-20)18-38-28-25(34-31(38)37-15-16-40-19-27(37)24-7-4-3-5-8-24)17-26(29-35-32(39)42-36-29)33-30(28)41-21(2)23-9-6-10-23/h3-5,7-8,17,20-23,27H,6,9-16,18-19H2,1-2H3,(H,35,36,39)/t20-,21?,22-,27-/m0/s1. The van der Waals surface area contributed by atoms with Crippen LogP contribution >= 0.6 is 0 Å². The van der Waals surface area contributed by atoms with Crippen molar-refractivity contribution in [2.45, 2.75) is 77.5 Å². The van der Waals surface area contributed by atoms with Crippen LogP contribution in [-0.2, 0) is 11.3 Å². The summed E-state index contributed by atoms with van der Waals surface area (Å²) in [5, 5.41) is 3.92. The van der Waals surface area contributed by atoms with Crippen molar-refractivity contribution in [2.24, 2.45) is 17.8 Å². The van der Waals surface area contributed by atoms with Crippen molar-refractivity contribution in [3.63, 3.8) is 0 Å². The highest BCUT2D eigenvalue weighted by Crippen LogP contribution is 2.40.